The summed E-state index contributed by atoms with van der Waals surface area (Å²) in [7, 11) is 1.66. The van der Waals surface area contributed by atoms with Crippen LogP contribution in [0.5, 0.6) is 5.75 Å². The summed E-state index contributed by atoms with van der Waals surface area (Å²) in [5.41, 5.74) is 7.14. The maximum atomic E-state index is 9.12. The van der Waals surface area contributed by atoms with E-state index in [1.807, 2.05) is 24.3 Å². The molecule has 130 valence electrons. The van der Waals surface area contributed by atoms with E-state index in [-0.39, 0.29) is 6.61 Å². The van der Waals surface area contributed by atoms with Gasteiger partial charge in [0.15, 0.2) is 5.96 Å². The van der Waals surface area contributed by atoms with E-state index in [1.165, 1.54) is 5.56 Å². The Labute approximate surface area is 140 Å². The number of nitrogens with zero attached hydrogens (tertiary/aromatic N) is 1. The Morgan fingerprint density at radius 3 is 2.57 bits per heavy atom. The number of ether oxygens (including phenoxy) is 1. The molecule has 1 atom stereocenters. The van der Waals surface area contributed by atoms with Gasteiger partial charge in [0.05, 0.1) is 7.11 Å². The van der Waals surface area contributed by atoms with E-state index in [2.05, 4.69) is 24.2 Å². The number of aliphatic hydroxyl groups is 1. The normalized spacial score (nSPS) is 13.2. The maximum Gasteiger partial charge on any atom is 0.188 e. The lowest BCUT2D eigenvalue weighted by Crippen LogP contribution is -2.33. The number of aliphatic imine (C=N–C) groups is 1. The van der Waals surface area contributed by atoms with Gasteiger partial charge in [-0.05, 0) is 48.8 Å². The highest BCUT2D eigenvalue weighted by molar-refractivity contribution is 5.77. The van der Waals surface area contributed by atoms with Crippen molar-refractivity contribution in [3.8, 4) is 5.75 Å². The van der Waals surface area contributed by atoms with Gasteiger partial charge in [-0.3, -0.25) is 4.99 Å². The average molecular weight is 321 g/mol. The number of nitrogens with two attached hydrogens (primary N) is 1. The van der Waals surface area contributed by atoms with Crippen LogP contribution in [0.3, 0.4) is 0 Å². The Bertz CT molecular complexity index is 458. The lowest BCUT2D eigenvalue weighted by molar-refractivity contribution is 0.246. The second kappa shape index (κ2) is 10.9. The van der Waals surface area contributed by atoms with Gasteiger partial charge in [0.1, 0.15) is 5.75 Å². The fraction of sp³-hybridized carbons (Fsp3) is 0.611. The first-order valence-electron chi connectivity index (χ1n) is 8.32. The van der Waals surface area contributed by atoms with Crippen molar-refractivity contribution in [2.45, 2.75) is 33.1 Å². The zero-order valence-corrected chi connectivity index (χ0v) is 14.6. The maximum absolute atomic E-state index is 9.12. The van der Waals surface area contributed by atoms with Crippen LogP contribution in [0.15, 0.2) is 29.3 Å². The topological polar surface area (TPSA) is 79.9 Å². The van der Waals surface area contributed by atoms with Crippen molar-refractivity contribution in [2.24, 2.45) is 22.6 Å². The van der Waals surface area contributed by atoms with Crippen LogP contribution in [0.25, 0.3) is 0 Å². The standard InChI is InChI=1S/C18H31N3O2/c1-14(2)12-16(9-11-22)13-21-18(19)20-10-8-15-4-6-17(23-3)7-5-15/h4-7,14,16,22H,8-13H2,1-3H3,(H3,19,20,21). The van der Waals surface area contributed by atoms with E-state index in [0.29, 0.717) is 24.3 Å². The molecule has 0 saturated carbocycles. The van der Waals surface area contributed by atoms with Crippen LogP contribution in [-0.4, -0.2) is 37.9 Å². The van der Waals surface area contributed by atoms with Gasteiger partial charge in [0.25, 0.3) is 0 Å². The molecule has 4 N–H and O–H groups in total. The van der Waals surface area contributed by atoms with E-state index in [1.54, 1.807) is 7.11 Å². The molecule has 0 heterocycles. The fourth-order valence-electron chi connectivity index (χ4n) is 2.54. The Morgan fingerprint density at radius 1 is 1.30 bits per heavy atom. The zero-order valence-electron chi connectivity index (χ0n) is 14.6. The Kier molecular flexibility index (Phi) is 9.14. The smallest absolute Gasteiger partial charge is 0.188 e. The number of methoxy groups -OCH3 is 1. The van der Waals surface area contributed by atoms with Crippen molar-refractivity contribution < 1.29 is 9.84 Å². The molecule has 0 bridgehead atoms. The van der Waals surface area contributed by atoms with Gasteiger partial charge in [-0.25, -0.2) is 0 Å². The molecule has 0 aliphatic rings. The molecule has 0 aliphatic heterocycles. The van der Waals surface area contributed by atoms with Crippen LogP contribution in [0.4, 0.5) is 0 Å². The number of benzene rings is 1. The third-order valence-corrected chi connectivity index (χ3v) is 3.74. The van der Waals surface area contributed by atoms with Gasteiger partial charge in [-0.15, -0.1) is 0 Å². The van der Waals surface area contributed by atoms with E-state index in [4.69, 9.17) is 15.6 Å². The summed E-state index contributed by atoms with van der Waals surface area (Å²) in [6.07, 6.45) is 2.72. The predicted molar refractivity (Wildman–Crippen MR) is 95.8 cm³/mol. The summed E-state index contributed by atoms with van der Waals surface area (Å²) in [4.78, 5) is 4.41. The Morgan fingerprint density at radius 2 is 2.00 bits per heavy atom. The first kappa shape index (κ1) is 19.3. The third kappa shape index (κ3) is 8.45. The summed E-state index contributed by atoms with van der Waals surface area (Å²) in [6, 6.07) is 8.01. The van der Waals surface area contributed by atoms with Crippen molar-refractivity contribution in [1.82, 2.24) is 5.32 Å². The average Bonchev–Trinajstić information content (AvgIpc) is 2.53. The fourth-order valence-corrected chi connectivity index (χ4v) is 2.54. The van der Waals surface area contributed by atoms with Crippen LogP contribution in [-0.2, 0) is 6.42 Å². The first-order valence-corrected chi connectivity index (χ1v) is 8.32. The molecule has 0 radical (unpaired) electrons. The number of hydrogen-bond acceptors (Lipinski definition) is 3. The van der Waals surface area contributed by atoms with Crippen LogP contribution < -0.4 is 15.8 Å². The van der Waals surface area contributed by atoms with Crippen molar-refractivity contribution >= 4 is 5.96 Å². The largest absolute Gasteiger partial charge is 0.497 e. The molecule has 0 saturated heterocycles. The molecule has 5 nitrogen and oxygen atoms in total. The SMILES string of the molecule is COc1ccc(CCNC(N)=NCC(CCO)CC(C)C)cc1. The summed E-state index contributed by atoms with van der Waals surface area (Å²) in [5, 5.41) is 12.3. The van der Waals surface area contributed by atoms with Gasteiger partial charge < -0.3 is 20.9 Å². The van der Waals surface area contributed by atoms with Crippen LogP contribution >= 0.6 is 0 Å². The van der Waals surface area contributed by atoms with Crippen LogP contribution in [0, 0.1) is 11.8 Å². The molecule has 0 amide bonds. The first-order chi connectivity index (χ1) is 11.0. The predicted octanol–water partition coefficient (Wildman–Crippen LogP) is 2.19. The van der Waals surface area contributed by atoms with E-state index >= 15 is 0 Å². The number of guanidine groups is 1. The monoisotopic (exact) mass is 321 g/mol. The molecule has 0 fully saturated rings. The molecule has 5 heteroatoms. The lowest BCUT2D eigenvalue weighted by atomic mass is 9.94. The zero-order chi connectivity index (χ0) is 17.1. The summed E-state index contributed by atoms with van der Waals surface area (Å²) in [5.74, 6) is 2.33. The van der Waals surface area contributed by atoms with Crippen molar-refractivity contribution in [3.05, 3.63) is 29.8 Å². The molecule has 0 spiro atoms. The second-order valence-electron chi connectivity index (χ2n) is 6.26. The highest BCUT2D eigenvalue weighted by Crippen LogP contribution is 2.15. The molecule has 23 heavy (non-hydrogen) atoms. The van der Waals surface area contributed by atoms with Gasteiger partial charge in [-0.2, -0.15) is 0 Å². The quantitative estimate of drug-likeness (QED) is 0.456. The highest BCUT2D eigenvalue weighted by atomic mass is 16.5. The Hall–Kier alpha value is -1.75. The number of rotatable bonds is 10. The van der Waals surface area contributed by atoms with Crippen LogP contribution in [0.2, 0.25) is 0 Å². The molecule has 1 unspecified atom stereocenters. The molecule has 1 aromatic rings. The minimum atomic E-state index is 0.206. The minimum absolute atomic E-state index is 0.206. The van der Waals surface area contributed by atoms with Crippen molar-refractivity contribution in [3.63, 3.8) is 0 Å². The molecular weight excluding hydrogens is 290 g/mol. The van der Waals surface area contributed by atoms with Crippen molar-refractivity contribution in [2.75, 3.05) is 26.8 Å². The van der Waals surface area contributed by atoms with Gasteiger partial charge in [0, 0.05) is 19.7 Å². The molecule has 1 rings (SSSR count). The second-order valence-corrected chi connectivity index (χ2v) is 6.26. The summed E-state index contributed by atoms with van der Waals surface area (Å²) in [6.45, 7) is 5.99. The molecule has 0 aromatic heterocycles. The van der Waals surface area contributed by atoms with E-state index in [0.717, 1.165) is 31.6 Å². The third-order valence-electron chi connectivity index (χ3n) is 3.74. The van der Waals surface area contributed by atoms with E-state index < -0.39 is 0 Å². The number of hydrogen-bond donors (Lipinski definition) is 3. The summed E-state index contributed by atoms with van der Waals surface area (Å²) < 4.78 is 5.14. The highest BCUT2D eigenvalue weighted by Gasteiger charge is 2.10. The number of aliphatic hydroxyl groups excluding tert-OH is 1. The Balaban J connectivity index is 2.34. The lowest BCUT2D eigenvalue weighted by Gasteiger charge is -2.16. The minimum Gasteiger partial charge on any atom is -0.497 e. The van der Waals surface area contributed by atoms with Gasteiger partial charge in [-0.1, -0.05) is 26.0 Å². The molecule has 0 aliphatic carbocycles. The number of nitrogens with one attached hydrogen (secondary N) is 1. The summed E-state index contributed by atoms with van der Waals surface area (Å²) >= 11 is 0. The van der Waals surface area contributed by atoms with Crippen molar-refractivity contribution in [1.29, 1.82) is 0 Å². The molecular formula is C18H31N3O2. The van der Waals surface area contributed by atoms with Crippen LogP contribution in [0.1, 0.15) is 32.3 Å². The van der Waals surface area contributed by atoms with E-state index in [9.17, 15) is 0 Å². The van der Waals surface area contributed by atoms with Gasteiger partial charge >= 0.3 is 0 Å². The van der Waals surface area contributed by atoms with Gasteiger partial charge in [0.2, 0.25) is 0 Å². The molecule has 1 aromatic carbocycles.